The van der Waals surface area contributed by atoms with Gasteiger partial charge in [-0.25, -0.2) is 17.5 Å². The lowest BCUT2D eigenvalue weighted by Gasteiger charge is -2.26. The van der Waals surface area contributed by atoms with Crippen molar-refractivity contribution in [2.24, 2.45) is 0 Å². The molecule has 0 saturated heterocycles. The van der Waals surface area contributed by atoms with E-state index in [1.807, 2.05) is 0 Å². The molecule has 6 nitrogen and oxygen atoms in total. The summed E-state index contributed by atoms with van der Waals surface area (Å²) in [5.41, 5.74) is -6.35. The van der Waals surface area contributed by atoms with Crippen molar-refractivity contribution in [2.45, 2.75) is 31.5 Å². The molecule has 0 aromatic heterocycles. The second-order valence-corrected chi connectivity index (χ2v) is 9.12. The largest absolute Gasteiger partial charge is 0.478 e. The van der Waals surface area contributed by atoms with Crippen molar-refractivity contribution >= 4 is 27.6 Å². The van der Waals surface area contributed by atoms with Gasteiger partial charge in [0.05, 0.1) is 33.2 Å². The molecule has 1 N–H and O–H groups in total. The quantitative estimate of drug-likeness (QED) is 0.617. The van der Waals surface area contributed by atoms with Gasteiger partial charge in [0, 0.05) is 0 Å². The number of sulfonamides is 1. The zero-order valence-electron chi connectivity index (χ0n) is 16.3. The molecule has 0 unspecified atom stereocenters. The molecule has 0 atom stereocenters. The third-order valence-corrected chi connectivity index (χ3v) is 6.31. The van der Waals surface area contributed by atoms with Gasteiger partial charge in [-0.3, -0.25) is 4.79 Å². The Bertz CT molecular complexity index is 1120. The SMILES string of the molecule is CC(C)S(=O)(=O)N(C(=O)c1ccccc1C(=O)O)c1cc(C(F)(F)F)cc(C(F)(F)F)c1. The van der Waals surface area contributed by atoms with E-state index in [4.69, 9.17) is 0 Å². The highest BCUT2D eigenvalue weighted by molar-refractivity contribution is 7.94. The van der Waals surface area contributed by atoms with Gasteiger partial charge in [-0.05, 0) is 44.2 Å². The lowest BCUT2D eigenvalue weighted by molar-refractivity contribution is -0.143. The van der Waals surface area contributed by atoms with Crippen LogP contribution in [-0.2, 0) is 22.4 Å². The Morgan fingerprint density at radius 2 is 1.31 bits per heavy atom. The first-order valence-corrected chi connectivity index (χ1v) is 10.2. The van der Waals surface area contributed by atoms with E-state index in [1.165, 1.54) is 6.07 Å². The van der Waals surface area contributed by atoms with Crippen LogP contribution in [0.3, 0.4) is 0 Å². The molecule has 0 aliphatic heterocycles. The van der Waals surface area contributed by atoms with Crippen LogP contribution in [0.1, 0.15) is 45.7 Å². The van der Waals surface area contributed by atoms with Crippen molar-refractivity contribution in [3.63, 3.8) is 0 Å². The van der Waals surface area contributed by atoms with Crippen molar-refractivity contribution in [1.29, 1.82) is 0 Å². The maximum absolute atomic E-state index is 13.3. The van der Waals surface area contributed by atoms with Crippen molar-refractivity contribution in [3.05, 3.63) is 64.7 Å². The van der Waals surface area contributed by atoms with Gasteiger partial charge in [-0.1, -0.05) is 12.1 Å². The fourth-order valence-electron chi connectivity index (χ4n) is 2.61. The van der Waals surface area contributed by atoms with E-state index >= 15 is 0 Å². The first-order chi connectivity index (χ1) is 14.5. The molecular weight excluding hydrogens is 468 g/mol. The number of benzene rings is 2. The molecule has 2 rings (SSSR count). The Morgan fingerprint density at radius 1 is 0.875 bits per heavy atom. The number of hydrogen-bond acceptors (Lipinski definition) is 4. The number of rotatable bonds is 5. The topological polar surface area (TPSA) is 91.8 Å². The molecule has 0 aliphatic carbocycles. The predicted octanol–water partition coefficient (Wildman–Crippen LogP) is 4.81. The van der Waals surface area contributed by atoms with E-state index in [-0.39, 0.29) is 22.5 Å². The number of carbonyl (C=O) groups is 2. The number of carbonyl (C=O) groups excluding carboxylic acids is 1. The summed E-state index contributed by atoms with van der Waals surface area (Å²) < 4.78 is 105. The third kappa shape index (κ3) is 5.03. The Labute approximate surface area is 178 Å². The van der Waals surface area contributed by atoms with Crippen LogP contribution in [0, 0.1) is 0 Å². The van der Waals surface area contributed by atoms with Gasteiger partial charge in [-0.2, -0.15) is 26.3 Å². The average molecular weight is 483 g/mol. The Balaban J connectivity index is 2.90. The molecule has 0 radical (unpaired) electrons. The molecule has 2 aromatic carbocycles. The molecule has 0 fully saturated rings. The first kappa shape index (κ1) is 25.2. The minimum absolute atomic E-state index is 0.0798. The number of anilines is 1. The lowest BCUT2D eigenvalue weighted by Crippen LogP contribution is -2.42. The van der Waals surface area contributed by atoms with Crippen LogP contribution < -0.4 is 4.31 Å². The second-order valence-electron chi connectivity index (χ2n) is 6.78. The number of alkyl halides is 6. The summed E-state index contributed by atoms with van der Waals surface area (Å²) in [6.45, 7) is 2.11. The van der Waals surface area contributed by atoms with Crippen molar-refractivity contribution in [1.82, 2.24) is 0 Å². The molecule has 0 spiro atoms. The monoisotopic (exact) mass is 483 g/mol. The van der Waals surface area contributed by atoms with E-state index in [0.717, 1.165) is 32.0 Å². The zero-order chi connectivity index (χ0) is 24.6. The first-order valence-electron chi connectivity index (χ1n) is 8.68. The Kier molecular flexibility index (Phi) is 6.65. The number of amides is 1. The molecule has 174 valence electrons. The van der Waals surface area contributed by atoms with Crippen LogP contribution >= 0.6 is 0 Å². The summed E-state index contributed by atoms with van der Waals surface area (Å²) in [6.07, 6.45) is -10.6. The summed E-state index contributed by atoms with van der Waals surface area (Å²) >= 11 is 0. The van der Waals surface area contributed by atoms with Crippen LogP contribution in [0.2, 0.25) is 0 Å². The number of hydrogen-bond donors (Lipinski definition) is 1. The predicted molar refractivity (Wildman–Crippen MR) is 101 cm³/mol. The molecule has 0 heterocycles. The molecule has 0 bridgehead atoms. The molecule has 0 aliphatic rings. The third-order valence-electron chi connectivity index (χ3n) is 4.23. The van der Waals surface area contributed by atoms with Gasteiger partial charge >= 0.3 is 18.3 Å². The highest BCUT2D eigenvalue weighted by Crippen LogP contribution is 2.39. The summed E-state index contributed by atoms with van der Waals surface area (Å²) in [5, 5.41) is 7.81. The van der Waals surface area contributed by atoms with Gasteiger partial charge in [0.15, 0.2) is 0 Å². The zero-order valence-corrected chi connectivity index (χ0v) is 17.1. The summed E-state index contributed by atoms with van der Waals surface area (Å²) in [4.78, 5) is 24.5. The smallest absolute Gasteiger partial charge is 0.416 e. The number of carboxylic acids is 1. The van der Waals surface area contributed by atoms with Crippen molar-refractivity contribution in [2.75, 3.05) is 4.31 Å². The maximum atomic E-state index is 13.3. The van der Waals surface area contributed by atoms with Gasteiger partial charge in [-0.15, -0.1) is 0 Å². The highest BCUT2D eigenvalue weighted by atomic mass is 32.2. The van der Waals surface area contributed by atoms with E-state index in [0.29, 0.717) is 0 Å². The molecule has 13 heteroatoms. The van der Waals surface area contributed by atoms with Crippen molar-refractivity contribution in [3.8, 4) is 0 Å². The Hall–Kier alpha value is -3.09. The van der Waals surface area contributed by atoms with Crippen LogP contribution in [0.15, 0.2) is 42.5 Å². The number of halogens is 6. The summed E-state index contributed by atoms with van der Waals surface area (Å²) in [7, 11) is -4.85. The van der Waals surface area contributed by atoms with Gasteiger partial charge in [0.1, 0.15) is 0 Å². The van der Waals surface area contributed by atoms with Crippen LogP contribution in [0.5, 0.6) is 0 Å². The van der Waals surface area contributed by atoms with Crippen LogP contribution in [0.25, 0.3) is 0 Å². The summed E-state index contributed by atoms with van der Waals surface area (Å²) in [6, 6.07) is 4.13. The van der Waals surface area contributed by atoms with Gasteiger partial charge in [0.25, 0.3) is 5.91 Å². The highest BCUT2D eigenvalue weighted by Gasteiger charge is 2.41. The lowest BCUT2D eigenvalue weighted by atomic mass is 10.1. The van der Waals surface area contributed by atoms with E-state index in [1.54, 1.807) is 0 Å². The van der Waals surface area contributed by atoms with Crippen LogP contribution in [-0.4, -0.2) is 30.7 Å². The molecule has 0 saturated carbocycles. The summed E-state index contributed by atoms with van der Waals surface area (Å²) in [5.74, 6) is -3.28. The maximum Gasteiger partial charge on any atom is 0.416 e. The number of nitrogens with zero attached hydrogens (tertiary/aromatic N) is 1. The number of carboxylic acid groups (broad SMARTS) is 1. The van der Waals surface area contributed by atoms with Gasteiger partial charge < -0.3 is 5.11 Å². The van der Waals surface area contributed by atoms with E-state index in [2.05, 4.69) is 0 Å². The minimum Gasteiger partial charge on any atom is -0.478 e. The number of aromatic carboxylic acids is 1. The van der Waals surface area contributed by atoms with E-state index < -0.39 is 67.4 Å². The molecule has 32 heavy (non-hydrogen) atoms. The van der Waals surface area contributed by atoms with Crippen LogP contribution in [0.4, 0.5) is 32.0 Å². The molecular formula is C19H15F6NO5S. The second kappa shape index (κ2) is 8.45. The minimum atomic E-state index is -5.30. The fourth-order valence-corrected chi connectivity index (χ4v) is 3.76. The molecule has 2 aromatic rings. The van der Waals surface area contributed by atoms with Gasteiger partial charge in [0.2, 0.25) is 10.0 Å². The molecule has 1 amide bonds. The fraction of sp³-hybridized carbons (Fsp3) is 0.263. The average Bonchev–Trinajstić information content (AvgIpc) is 2.66. The van der Waals surface area contributed by atoms with E-state index in [9.17, 15) is 49.5 Å². The standard InChI is InChI=1S/C19H15F6NO5S/c1-10(2)32(30,31)26(16(27)14-5-3-4-6-15(14)17(28)29)13-8-11(18(20,21)22)7-12(9-13)19(23,24)25/h3-10H,1-2H3,(H,28,29). The van der Waals surface area contributed by atoms with Crippen molar-refractivity contribution < 1.29 is 49.5 Å². The Morgan fingerprint density at radius 3 is 1.69 bits per heavy atom. The normalized spacial score (nSPS) is 12.7.